The average molecular weight is 219 g/mol. The van der Waals surface area contributed by atoms with Gasteiger partial charge in [-0.1, -0.05) is 0 Å². The Bertz CT molecular complexity index is 223. The van der Waals surface area contributed by atoms with E-state index >= 15 is 0 Å². The molecule has 2 amide bonds. The van der Waals surface area contributed by atoms with Gasteiger partial charge < -0.3 is 15.5 Å². The molecule has 1 saturated heterocycles. The van der Waals surface area contributed by atoms with Gasteiger partial charge in [0, 0.05) is 55.5 Å². The molecule has 1 atom stereocenters. The van der Waals surface area contributed by atoms with E-state index in [1.165, 1.54) is 0 Å². The van der Waals surface area contributed by atoms with Crippen LogP contribution in [0.2, 0.25) is 0 Å². The van der Waals surface area contributed by atoms with Gasteiger partial charge in [0.25, 0.3) is 0 Å². The molecule has 1 aliphatic rings. The van der Waals surface area contributed by atoms with Gasteiger partial charge in [0.15, 0.2) is 0 Å². The van der Waals surface area contributed by atoms with Crippen LogP contribution >= 0.6 is 0 Å². The summed E-state index contributed by atoms with van der Waals surface area (Å²) < 4.78 is 10.7. The summed E-state index contributed by atoms with van der Waals surface area (Å²) in [5.74, 6) is 0.673. The minimum Gasteiger partial charge on any atom is -0.336 e. The van der Waals surface area contributed by atoms with E-state index < -0.39 is 10.8 Å². The maximum absolute atomic E-state index is 11.1. The predicted molar refractivity (Wildman–Crippen MR) is 56.8 cm³/mol. The zero-order chi connectivity index (χ0) is 10.4. The highest BCUT2D eigenvalue weighted by Crippen LogP contribution is 1.93. The van der Waals surface area contributed by atoms with E-state index in [1.54, 1.807) is 11.2 Å². The lowest BCUT2D eigenvalue weighted by molar-refractivity contribution is 0.217. The molecule has 14 heavy (non-hydrogen) atoms. The molecular weight excluding hydrogens is 202 g/mol. The number of urea groups is 1. The van der Waals surface area contributed by atoms with Crippen molar-refractivity contribution in [2.75, 3.05) is 44.7 Å². The van der Waals surface area contributed by atoms with Crippen LogP contribution in [-0.2, 0) is 10.8 Å². The fraction of sp³-hybridized carbons (Fsp3) is 0.875. The summed E-state index contributed by atoms with van der Waals surface area (Å²) >= 11 is 0. The first-order chi connectivity index (χ1) is 6.70. The normalized spacial score (nSPS) is 18.4. The van der Waals surface area contributed by atoms with Crippen molar-refractivity contribution in [3.05, 3.63) is 0 Å². The Balaban J connectivity index is 1.98. The SMILES string of the molecule is CS(=O)CCNCCN1CCNC1=O. The lowest BCUT2D eigenvalue weighted by Crippen LogP contribution is -2.35. The average Bonchev–Trinajstić information content (AvgIpc) is 2.51. The number of amides is 2. The zero-order valence-electron chi connectivity index (χ0n) is 8.41. The van der Waals surface area contributed by atoms with Gasteiger partial charge in [0.05, 0.1) is 0 Å². The molecule has 2 N–H and O–H groups in total. The molecule has 1 unspecified atom stereocenters. The Labute approximate surface area is 86.7 Å². The summed E-state index contributed by atoms with van der Waals surface area (Å²) in [6.07, 6.45) is 1.69. The second kappa shape index (κ2) is 5.98. The highest BCUT2D eigenvalue weighted by atomic mass is 32.2. The van der Waals surface area contributed by atoms with Crippen molar-refractivity contribution >= 4 is 16.8 Å². The summed E-state index contributed by atoms with van der Waals surface area (Å²) in [6, 6.07) is 0.0193. The van der Waals surface area contributed by atoms with Crippen LogP contribution in [0.3, 0.4) is 0 Å². The van der Waals surface area contributed by atoms with Crippen LogP contribution in [0.4, 0.5) is 4.79 Å². The summed E-state index contributed by atoms with van der Waals surface area (Å²) in [4.78, 5) is 12.9. The van der Waals surface area contributed by atoms with Crippen LogP contribution < -0.4 is 10.6 Å². The van der Waals surface area contributed by atoms with Crippen LogP contribution in [0.25, 0.3) is 0 Å². The molecule has 0 aromatic rings. The smallest absolute Gasteiger partial charge is 0.317 e. The topological polar surface area (TPSA) is 61.4 Å². The Kier molecular flexibility index (Phi) is 4.89. The second-order valence-electron chi connectivity index (χ2n) is 3.25. The first kappa shape index (κ1) is 11.5. The Hall–Kier alpha value is -0.620. The van der Waals surface area contributed by atoms with Crippen LogP contribution in [-0.4, -0.2) is 59.9 Å². The quantitative estimate of drug-likeness (QED) is 0.562. The standard InChI is InChI=1S/C8H17N3O2S/c1-14(13)7-4-9-2-5-11-6-3-10-8(11)12/h9H,2-7H2,1H3,(H,10,12). The minimum atomic E-state index is -0.733. The number of nitrogens with zero attached hydrogens (tertiary/aromatic N) is 1. The van der Waals surface area contributed by atoms with Gasteiger partial charge in [-0.05, 0) is 0 Å². The lowest BCUT2D eigenvalue weighted by atomic mass is 10.5. The number of hydrogen-bond acceptors (Lipinski definition) is 3. The first-order valence-corrected chi connectivity index (χ1v) is 6.46. The number of carbonyl (C=O) groups is 1. The minimum absolute atomic E-state index is 0.0193. The van der Waals surface area contributed by atoms with Crippen molar-refractivity contribution in [1.82, 2.24) is 15.5 Å². The van der Waals surface area contributed by atoms with Crippen molar-refractivity contribution in [1.29, 1.82) is 0 Å². The van der Waals surface area contributed by atoms with Gasteiger partial charge in [-0.3, -0.25) is 4.21 Å². The van der Waals surface area contributed by atoms with Gasteiger partial charge in [-0.25, -0.2) is 4.79 Å². The monoisotopic (exact) mass is 219 g/mol. The number of nitrogens with one attached hydrogen (secondary N) is 2. The predicted octanol–water partition coefficient (Wildman–Crippen LogP) is -1.02. The number of rotatable bonds is 6. The molecule has 0 bridgehead atoms. The van der Waals surface area contributed by atoms with Crippen LogP contribution in [0.15, 0.2) is 0 Å². The molecular formula is C8H17N3O2S. The molecule has 0 aromatic heterocycles. The van der Waals surface area contributed by atoms with Crippen molar-refractivity contribution in [2.45, 2.75) is 0 Å². The van der Waals surface area contributed by atoms with Crippen LogP contribution in [0.1, 0.15) is 0 Å². The highest BCUT2D eigenvalue weighted by molar-refractivity contribution is 7.84. The number of hydrogen-bond donors (Lipinski definition) is 2. The molecule has 5 nitrogen and oxygen atoms in total. The lowest BCUT2D eigenvalue weighted by Gasteiger charge is -2.13. The molecule has 1 aliphatic heterocycles. The summed E-state index contributed by atoms with van der Waals surface area (Å²) in [5, 5.41) is 5.89. The molecule has 0 saturated carbocycles. The third-order valence-corrected chi connectivity index (χ3v) is 2.85. The molecule has 1 fully saturated rings. The first-order valence-electron chi connectivity index (χ1n) is 4.73. The molecule has 1 heterocycles. The second-order valence-corrected chi connectivity index (χ2v) is 4.80. The summed E-state index contributed by atoms with van der Waals surface area (Å²) in [7, 11) is -0.733. The molecule has 0 aromatic carbocycles. The van der Waals surface area contributed by atoms with E-state index in [9.17, 15) is 9.00 Å². The van der Waals surface area contributed by atoms with Gasteiger partial charge in [-0.15, -0.1) is 0 Å². The Morgan fingerprint density at radius 1 is 1.57 bits per heavy atom. The van der Waals surface area contributed by atoms with E-state index in [-0.39, 0.29) is 6.03 Å². The van der Waals surface area contributed by atoms with E-state index in [0.29, 0.717) is 5.75 Å². The van der Waals surface area contributed by atoms with Gasteiger partial charge in [0.2, 0.25) is 0 Å². The highest BCUT2D eigenvalue weighted by Gasteiger charge is 2.17. The van der Waals surface area contributed by atoms with E-state index in [2.05, 4.69) is 10.6 Å². The van der Waals surface area contributed by atoms with Crippen LogP contribution in [0.5, 0.6) is 0 Å². The van der Waals surface area contributed by atoms with Gasteiger partial charge >= 0.3 is 6.03 Å². The molecule has 0 radical (unpaired) electrons. The Morgan fingerprint density at radius 3 is 2.93 bits per heavy atom. The van der Waals surface area contributed by atoms with Crippen molar-refractivity contribution in [3.8, 4) is 0 Å². The summed E-state index contributed by atoms with van der Waals surface area (Å²) in [6.45, 7) is 3.78. The molecule has 1 rings (SSSR count). The molecule has 0 spiro atoms. The van der Waals surface area contributed by atoms with Crippen molar-refractivity contribution in [3.63, 3.8) is 0 Å². The fourth-order valence-electron chi connectivity index (χ4n) is 1.28. The fourth-order valence-corrected chi connectivity index (χ4v) is 1.71. The van der Waals surface area contributed by atoms with Gasteiger partial charge in [-0.2, -0.15) is 0 Å². The summed E-state index contributed by atoms with van der Waals surface area (Å²) in [5.41, 5.74) is 0. The zero-order valence-corrected chi connectivity index (χ0v) is 9.23. The molecule has 82 valence electrons. The maximum atomic E-state index is 11.1. The van der Waals surface area contributed by atoms with E-state index in [1.807, 2.05) is 0 Å². The molecule has 6 heteroatoms. The van der Waals surface area contributed by atoms with Gasteiger partial charge in [0.1, 0.15) is 0 Å². The van der Waals surface area contributed by atoms with Crippen molar-refractivity contribution < 1.29 is 9.00 Å². The molecule has 0 aliphatic carbocycles. The maximum Gasteiger partial charge on any atom is 0.317 e. The number of carbonyl (C=O) groups excluding carboxylic acids is 1. The Morgan fingerprint density at radius 2 is 2.36 bits per heavy atom. The largest absolute Gasteiger partial charge is 0.336 e. The van der Waals surface area contributed by atoms with Crippen LogP contribution in [0, 0.1) is 0 Å². The van der Waals surface area contributed by atoms with Crippen molar-refractivity contribution in [2.24, 2.45) is 0 Å². The third kappa shape index (κ3) is 4.06. The van der Waals surface area contributed by atoms with E-state index in [0.717, 1.165) is 32.7 Å². The van der Waals surface area contributed by atoms with E-state index in [4.69, 9.17) is 0 Å². The third-order valence-electron chi connectivity index (χ3n) is 2.07.